The summed E-state index contributed by atoms with van der Waals surface area (Å²) >= 11 is 6.66. The second-order valence-corrected chi connectivity index (χ2v) is 11.8. The molecule has 37 heavy (non-hydrogen) atoms. The third kappa shape index (κ3) is 4.17. The SMILES string of the molecule is CCC(=O)N1CCC2(CCCN(C(=O)c3cc4cc(Cl)c5c(c4o3)C3(CCCCC3)NC(=O)N5)C2)CC1. The highest BCUT2D eigenvalue weighted by atomic mass is 35.5. The largest absolute Gasteiger partial charge is 0.450 e. The molecule has 1 aliphatic carbocycles. The third-order valence-corrected chi connectivity index (χ3v) is 9.47. The van der Waals surface area contributed by atoms with Gasteiger partial charge in [0.25, 0.3) is 5.91 Å². The monoisotopic (exact) mass is 526 g/mol. The van der Waals surface area contributed by atoms with Crippen LogP contribution in [-0.2, 0) is 10.3 Å². The molecule has 2 aromatic rings. The second kappa shape index (κ2) is 9.22. The van der Waals surface area contributed by atoms with Crippen molar-refractivity contribution in [3.63, 3.8) is 0 Å². The zero-order valence-corrected chi connectivity index (χ0v) is 22.2. The Morgan fingerprint density at radius 2 is 1.76 bits per heavy atom. The topological polar surface area (TPSA) is 94.9 Å². The molecule has 0 bridgehead atoms. The molecule has 1 aromatic carbocycles. The van der Waals surface area contributed by atoms with Crippen molar-refractivity contribution in [3.8, 4) is 0 Å². The summed E-state index contributed by atoms with van der Waals surface area (Å²) in [5.41, 5.74) is 1.63. The highest BCUT2D eigenvalue weighted by Gasteiger charge is 2.45. The molecule has 2 N–H and O–H groups in total. The summed E-state index contributed by atoms with van der Waals surface area (Å²) < 4.78 is 6.34. The minimum atomic E-state index is -0.531. The Labute approximate surface area is 222 Å². The zero-order valence-electron chi connectivity index (χ0n) is 21.5. The molecular formula is C28H35ClN4O4. The van der Waals surface area contributed by atoms with Crippen molar-refractivity contribution in [2.24, 2.45) is 5.41 Å². The molecular weight excluding hydrogens is 492 g/mol. The van der Waals surface area contributed by atoms with Gasteiger partial charge in [0, 0.05) is 43.5 Å². The van der Waals surface area contributed by atoms with Crippen molar-refractivity contribution < 1.29 is 18.8 Å². The number of carbonyl (C=O) groups excluding carboxylic acids is 3. The van der Waals surface area contributed by atoms with E-state index in [-0.39, 0.29) is 23.3 Å². The number of amides is 4. The number of piperidine rings is 2. The third-order valence-electron chi connectivity index (χ3n) is 9.17. The molecule has 4 aliphatic rings. The Morgan fingerprint density at radius 3 is 2.49 bits per heavy atom. The van der Waals surface area contributed by atoms with Crippen molar-refractivity contribution >= 4 is 46.1 Å². The number of furan rings is 1. The number of rotatable bonds is 2. The molecule has 0 unspecified atom stereocenters. The van der Waals surface area contributed by atoms with Gasteiger partial charge in [-0.05, 0) is 56.1 Å². The molecule has 4 amide bonds. The lowest BCUT2D eigenvalue weighted by atomic mass is 9.72. The maximum absolute atomic E-state index is 13.7. The van der Waals surface area contributed by atoms with Crippen molar-refractivity contribution in [2.45, 2.75) is 76.7 Å². The Morgan fingerprint density at radius 1 is 1.00 bits per heavy atom. The van der Waals surface area contributed by atoms with Gasteiger partial charge in [0.05, 0.1) is 16.2 Å². The summed E-state index contributed by atoms with van der Waals surface area (Å²) in [6, 6.07) is 3.35. The van der Waals surface area contributed by atoms with Crippen LogP contribution < -0.4 is 10.6 Å². The highest BCUT2D eigenvalue weighted by molar-refractivity contribution is 6.35. The number of halogens is 1. The fourth-order valence-electron chi connectivity index (χ4n) is 7.19. The molecule has 8 nitrogen and oxygen atoms in total. The highest BCUT2D eigenvalue weighted by Crippen LogP contribution is 2.49. The molecule has 2 spiro atoms. The molecule has 1 saturated carbocycles. The van der Waals surface area contributed by atoms with Crippen LogP contribution in [0.15, 0.2) is 16.5 Å². The van der Waals surface area contributed by atoms with Gasteiger partial charge in [0.2, 0.25) is 5.91 Å². The van der Waals surface area contributed by atoms with Gasteiger partial charge in [0.15, 0.2) is 5.76 Å². The Balaban J connectivity index is 1.30. The van der Waals surface area contributed by atoms with E-state index in [0.717, 1.165) is 81.8 Å². The molecule has 198 valence electrons. The molecule has 4 heterocycles. The van der Waals surface area contributed by atoms with E-state index in [1.54, 1.807) is 12.1 Å². The first-order chi connectivity index (χ1) is 17.8. The Hall–Kier alpha value is -2.74. The standard InChI is InChI=1S/C28H35ClN4O4/c1-2-21(34)32-13-10-27(11-14-32)7-6-12-33(17-27)25(35)20-16-18-15-19(29)23-22(24(18)37-20)28(31-26(36)30-23)8-4-3-5-9-28/h15-16H,2-14,17H2,1H3,(H2,30,31,36). The van der Waals surface area contributed by atoms with Crippen LogP contribution in [0, 0.1) is 5.41 Å². The second-order valence-electron chi connectivity index (χ2n) is 11.4. The first-order valence-corrected chi connectivity index (χ1v) is 14.1. The fourth-order valence-corrected chi connectivity index (χ4v) is 7.45. The number of hydrogen-bond acceptors (Lipinski definition) is 4. The van der Waals surface area contributed by atoms with E-state index in [2.05, 4.69) is 10.6 Å². The summed E-state index contributed by atoms with van der Waals surface area (Å²) in [7, 11) is 0. The van der Waals surface area contributed by atoms with Crippen LogP contribution in [0.25, 0.3) is 11.0 Å². The van der Waals surface area contributed by atoms with Crippen LogP contribution in [0.3, 0.4) is 0 Å². The smallest absolute Gasteiger partial charge is 0.319 e. The van der Waals surface area contributed by atoms with E-state index < -0.39 is 5.54 Å². The summed E-state index contributed by atoms with van der Waals surface area (Å²) in [4.78, 5) is 42.3. The zero-order chi connectivity index (χ0) is 25.8. The Kier molecular flexibility index (Phi) is 6.13. The van der Waals surface area contributed by atoms with E-state index in [1.165, 1.54) is 0 Å². The van der Waals surface area contributed by atoms with Gasteiger partial charge < -0.3 is 24.9 Å². The molecule has 0 radical (unpaired) electrons. The van der Waals surface area contributed by atoms with Gasteiger partial charge in [0.1, 0.15) is 5.58 Å². The lowest BCUT2D eigenvalue weighted by molar-refractivity contribution is -0.133. The molecule has 1 aromatic heterocycles. The average Bonchev–Trinajstić information content (AvgIpc) is 3.32. The van der Waals surface area contributed by atoms with Crippen LogP contribution in [0.2, 0.25) is 5.02 Å². The van der Waals surface area contributed by atoms with E-state index in [0.29, 0.717) is 41.6 Å². The molecule has 3 aliphatic heterocycles. The van der Waals surface area contributed by atoms with Gasteiger partial charge in [-0.1, -0.05) is 37.8 Å². The summed E-state index contributed by atoms with van der Waals surface area (Å²) in [5, 5.41) is 7.31. The number of nitrogens with one attached hydrogen (secondary N) is 2. The lowest BCUT2D eigenvalue weighted by Crippen LogP contribution is -2.52. The molecule has 9 heteroatoms. The van der Waals surface area contributed by atoms with Crippen LogP contribution in [0.4, 0.5) is 10.5 Å². The van der Waals surface area contributed by atoms with E-state index in [9.17, 15) is 14.4 Å². The van der Waals surface area contributed by atoms with Crippen LogP contribution in [0.1, 0.15) is 87.3 Å². The fraction of sp³-hybridized carbons (Fsp3) is 0.607. The number of carbonyl (C=O) groups is 3. The first-order valence-electron chi connectivity index (χ1n) is 13.8. The summed E-state index contributed by atoms with van der Waals surface area (Å²) in [6.45, 7) is 4.84. The number of likely N-dealkylation sites (tertiary alicyclic amines) is 2. The van der Waals surface area contributed by atoms with E-state index in [1.807, 2.05) is 16.7 Å². The number of nitrogens with zero attached hydrogens (tertiary/aromatic N) is 2. The van der Waals surface area contributed by atoms with Crippen LogP contribution >= 0.6 is 11.6 Å². The van der Waals surface area contributed by atoms with Gasteiger partial charge in [-0.2, -0.15) is 0 Å². The minimum absolute atomic E-state index is 0.0628. The average molecular weight is 527 g/mol. The van der Waals surface area contributed by atoms with Gasteiger partial charge >= 0.3 is 6.03 Å². The van der Waals surface area contributed by atoms with Crippen molar-refractivity contribution in [1.29, 1.82) is 0 Å². The van der Waals surface area contributed by atoms with Crippen molar-refractivity contribution in [1.82, 2.24) is 15.1 Å². The van der Waals surface area contributed by atoms with Gasteiger partial charge in [-0.25, -0.2) is 4.79 Å². The molecule has 6 rings (SSSR count). The molecule has 2 saturated heterocycles. The number of anilines is 1. The predicted molar refractivity (Wildman–Crippen MR) is 142 cm³/mol. The molecule has 0 atom stereocenters. The molecule has 3 fully saturated rings. The van der Waals surface area contributed by atoms with E-state index >= 15 is 0 Å². The quantitative estimate of drug-likeness (QED) is 0.529. The van der Waals surface area contributed by atoms with Crippen LogP contribution in [-0.4, -0.2) is 53.8 Å². The van der Waals surface area contributed by atoms with Gasteiger partial charge in [-0.3, -0.25) is 9.59 Å². The summed E-state index contributed by atoms with van der Waals surface area (Å²) in [5.74, 6) is 0.431. The van der Waals surface area contributed by atoms with Crippen molar-refractivity contribution in [2.75, 3.05) is 31.5 Å². The predicted octanol–water partition coefficient (Wildman–Crippen LogP) is 5.64. The number of benzene rings is 1. The normalized spacial score (nSPS) is 22.6. The van der Waals surface area contributed by atoms with Crippen molar-refractivity contribution in [3.05, 3.63) is 28.5 Å². The number of urea groups is 1. The minimum Gasteiger partial charge on any atom is -0.450 e. The van der Waals surface area contributed by atoms with Gasteiger partial charge in [-0.15, -0.1) is 0 Å². The Bertz CT molecular complexity index is 1260. The van der Waals surface area contributed by atoms with Crippen LogP contribution in [0.5, 0.6) is 0 Å². The number of hydrogen-bond donors (Lipinski definition) is 2. The maximum Gasteiger partial charge on any atom is 0.319 e. The maximum atomic E-state index is 13.7. The first kappa shape index (κ1) is 24.6. The lowest BCUT2D eigenvalue weighted by Gasteiger charge is -2.47. The van der Waals surface area contributed by atoms with E-state index in [4.69, 9.17) is 16.0 Å². The number of fused-ring (bicyclic) bond motifs is 4. The summed E-state index contributed by atoms with van der Waals surface area (Å²) in [6.07, 6.45) is 9.23.